The molecule has 14 nitrogen and oxygen atoms in total. The second-order valence-corrected chi connectivity index (χ2v) is 8.67. The SMILES string of the molecule is N=C(N)Nc1ccc2c(c1)CCCOc1c(cccc1C(=O)N(CCOCCO)C(CC(=O)O)C(=O)O)OC2=O. The van der Waals surface area contributed by atoms with Crippen molar-refractivity contribution in [2.45, 2.75) is 25.3 Å². The number of para-hydroxylation sites is 1. The molecule has 1 unspecified atom stereocenters. The number of nitrogens with zero attached hydrogens (tertiary/aromatic N) is 1. The molecule has 14 heteroatoms. The van der Waals surface area contributed by atoms with Crippen LogP contribution in [0.3, 0.4) is 0 Å². The maximum absolute atomic E-state index is 13.7. The van der Waals surface area contributed by atoms with E-state index in [4.69, 9.17) is 30.5 Å². The lowest BCUT2D eigenvalue weighted by Gasteiger charge is -2.29. The van der Waals surface area contributed by atoms with E-state index in [1.54, 1.807) is 12.1 Å². The van der Waals surface area contributed by atoms with Gasteiger partial charge in [-0.25, -0.2) is 9.59 Å². The maximum Gasteiger partial charge on any atom is 0.343 e. The van der Waals surface area contributed by atoms with E-state index < -0.39 is 36.3 Å². The number of amides is 1. The fourth-order valence-corrected chi connectivity index (χ4v) is 4.12. The Morgan fingerprint density at radius 3 is 2.62 bits per heavy atom. The average molecular weight is 559 g/mol. The molecular formula is C26H30N4O10. The summed E-state index contributed by atoms with van der Waals surface area (Å²) in [5.74, 6) is -5.01. The molecule has 40 heavy (non-hydrogen) atoms. The molecule has 0 fully saturated rings. The number of aliphatic hydroxyl groups is 1. The molecule has 3 rings (SSSR count). The number of anilines is 1. The van der Waals surface area contributed by atoms with Crippen LogP contribution in [0.5, 0.6) is 11.5 Å². The monoisotopic (exact) mass is 558 g/mol. The Kier molecular flexibility index (Phi) is 10.4. The van der Waals surface area contributed by atoms with Gasteiger partial charge in [-0.3, -0.25) is 15.0 Å². The molecular weight excluding hydrogens is 528 g/mol. The van der Waals surface area contributed by atoms with Crippen molar-refractivity contribution < 1.29 is 48.7 Å². The molecule has 2 aromatic carbocycles. The molecule has 1 atom stereocenters. The van der Waals surface area contributed by atoms with E-state index >= 15 is 0 Å². The number of aliphatic hydroxyl groups excluding tert-OH is 1. The first kappa shape index (κ1) is 29.9. The summed E-state index contributed by atoms with van der Waals surface area (Å²) >= 11 is 0. The Morgan fingerprint density at radius 2 is 1.95 bits per heavy atom. The molecule has 1 aliphatic heterocycles. The van der Waals surface area contributed by atoms with Gasteiger partial charge < -0.3 is 45.5 Å². The lowest BCUT2D eigenvalue weighted by Crippen LogP contribution is -2.48. The molecule has 0 radical (unpaired) electrons. The predicted octanol–water partition coefficient (Wildman–Crippen LogP) is 0.915. The second kappa shape index (κ2) is 13.9. The first-order valence-corrected chi connectivity index (χ1v) is 12.3. The quantitative estimate of drug-likeness (QED) is 0.0745. The van der Waals surface area contributed by atoms with Gasteiger partial charge in [0.15, 0.2) is 17.5 Å². The number of hydrogen-bond donors (Lipinski definition) is 6. The molecule has 1 heterocycles. The Balaban J connectivity index is 1.98. The number of guanidine groups is 1. The highest BCUT2D eigenvalue weighted by Crippen LogP contribution is 2.35. The van der Waals surface area contributed by atoms with E-state index in [1.165, 1.54) is 24.3 Å². The van der Waals surface area contributed by atoms with Crippen molar-refractivity contribution in [3.8, 4) is 11.5 Å². The number of carbonyl (C=O) groups excluding carboxylic acids is 2. The van der Waals surface area contributed by atoms with Gasteiger partial charge in [0.2, 0.25) is 0 Å². The van der Waals surface area contributed by atoms with E-state index in [0.717, 1.165) is 4.90 Å². The van der Waals surface area contributed by atoms with Crippen LogP contribution in [0.2, 0.25) is 0 Å². The normalized spacial score (nSPS) is 13.5. The number of rotatable bonds is 11. The van der Waals surface area contributed by atoms with E-state index in [9.17, 15) is 29.4 Å². The van der Waals surface area contributed by atoms with Gasteiger partial charge in [-0.15, -0.1) is 0 Å². The number of carboxylic acids is 2. The van der Waals surface area contributed by atoms with Crippen LogP contribution in [0.15, 0.2) is 36.4 Å². The van der Waals surface area contributed by atoms with Crippen molar-refractivity contribution in [2.75, 3.05) is 38.3 Å². The van der Waals surface area contributed by atoms with Crippen LogP contribution in [0.25, 0.3) is 0 Å². The topological polar surface area (TPSA) is 222 Å². The first-order chi connectivity index (χ1) is 19.1. The number of carbonyl (C=O) groups is 4. The summed E-state index contributed by atoms with van der Waals surface area (Å²) in [7, 11) is 0. The van der Waals surface area contributed by atoms with Gasteiger partial charge in [-0.1, -0.05) is 6.07 Å². The first-order valence-electron chi connectivity index (χ1n) is 12.3. The molecule has 1 amide bonds. The third kappa shape index (κ3) is 7.68. The van der Waals surface area contributed by atoms with Gasteiger partial charge in [-0.05, 0) is 48.7 Å². The lowest BCUT2D eigenvalue weighted by atomic mass is 10.0. The smallest absolute Gasteiger partial charge is 0.343 e. The zero-order chi connectivity index (χ0) is 29.2. The molecule has 1 aliphatic rings. The van der Waals surface area contributed by atoms with Crippen LogP contribution in [-0.4, -0.2) is 89.0 Å². The number of nitrogens with two attached hydrogens (primary N) is 1. The number of hydrogen-bond acceptors (Lipinski definition) is 9. The van der Waals surface area contributed by atoms with Gasteiger partial charge in [-0.2, -0.15) is 0 Å². The Labute approximate surface area is 228 Å². The summed E-state index contributed by atoms with van der Waals surface area (Å²) in [4.78, 5) is 51.0. The Bertz CT molecular complexity index is 1280. The second-order valence-electron chi connectivity index (χ2n) is 8.67. The largest absolute Gasteiger partial charge is 0.489 e. The van der Waals surface area contributed by atoms with Crippen LogP contribution in [0, 0.1) is 5.41 Å². The van der Waals surface area contributed by atoms with E-state index in [-0.39, 0.29) is 61.6 Å². The van der Waals surface area contributed by atoms with E-state index in [1.807, 2.05) is 0 Å². The van der Waals surface area contributed by atoms with E-state index in [0.29, 0.717) is 24.1 Å². The minimum Gasteiger partial charge on any atom is -0.489 e. The summed E-state index contributed by atoms with van der Waals surface area (Å²) < 4.78 is 16.6. The molecule has 2 aromatic rings. The fraction of sp³-hybridized carbons (Fsp3) is 0.346. The number of fused-ring (bicyclic) bond motifs is 2. The number of aliphatic carboxylic acids is 2. The van der Waals surface area contributed by atoms with Crippen LogP contribution < -0.4 is 20.5 Å². The number of nitrogens with one attached hydrogen (secondary N) is 2. The van der Waals surface area contributed by atoms with Gasteiger partial charge in [0, 0.05) is 12.2 Å². The highest BCUT2D eigenvalue weighted by atomic mass is 16.6. The van der Waals surface area contributed by atoms with Crippen LogP contribution in [-0.2, 0) is 20.7 Å². The third-order valence-electron chi connectivity index (χ3n) is 5.86. The molecule has 214 valence electrons. The van der Waals surface area contributed by atoms with Gasteiger partial charge in [0.1, 0.15) is 6.04 Å². The standard InChI is InChI=1S/C26H30N4O10/c27-26(28)29-16-6-7-17-15(13-16)3-2-10-39-22-18(4-1-5-20(22)40-25(17)37)23(34)30(8-11-38-12-9-31)19(24(35)36)14-21(32)33/h1,4-7,13,19,31H,2-3,8-12,14H2,(H,32,33)(H,35,36)(H4,27,28,29). The predicted molar refractivity (Wildman–Crippen MR) is 140 cm³/mol. The zero-order valence-electron chi connectivity index (χ0n) is 21.4. The minimum absolute atomic E-state index is 0.0632. The minimum atomic E-state index is -1.73. The number of esters is 1. The summed E-state index contributed by atoms with van der Waals surface area (Å²) in [6.45, 7) is -0.731. The van der Waals surface area contributed by atoms with Crippen LogP contribution >= 0.6 is 0 Å². The average Bonchev–Trinajstić information content (AvgIpc) is 2.89. The molecule has 0 saturated carbocycles. The molecule has 7 N–H and O–H groups in total. The zero-order valence-corrected chi connectivity index (χ0v) is 21.4. The molecule has 0 spiro atoms. The molecule has 0 saturated heterocycles. The lowest BCUT2D eigenvalue weighted by molar-refractivity contribution is -0.149. The third-order valence-corrected chi connectivity index (χ3v) is 5.86. The number of aryl methyl sites for hydroxylation is 1. The van der Waals surface area contributed by atoms with Crippen LogP contribution in [0.4, 0.5) is 5.69 Å². The summed E-state index contributed by atoms with van der Waals surface area (Å²) in [6.07, 6.45) is -0.0677. The Hall–Kier alpha value is -4.69. The number of benzene rings is 2. The fourth-order valence-electron chi connectivity index (χ4n) is 4.12. The van der Waals surface area contributed by atoms with Gasteiger partial charge in [0.25, 0.3) is 5.91 Å². The van der Waals surface area contributed by atoms with Gasteiger partial charge >= 0.3 is 17.9 Å². The van der Waals surface area contributed by atoms with Crippen molar-refractivity contribution in [1.82, 2.24) is 4.90 Å². The summed E-state index contributed by atoms with van der Waals surface area (Å²) in [5.41, 5.74) is 6.66. The highest BCUT2D eigenvalue weighted by molar-refractivity contribution is 6.01. The van der Waals surface area contributed by atoms with Crippen molar-refractivity contribution in [2.24, 2.45) is 5.73 Å². The van der Waals surface area contributed by atoms with Crippen molar-refractivity contribution in [3.05, 3.63) is 53.1 Å². The van der Waals surface area contributed by atoms with Crippen molar-refractivity contribution in [3.63, 3.8) is 0 Å². The van der Waals surface area contributed by atoms with Crippen molar-refractivity contribution in [1.29, 1.82) is 5.41 Å². The molecule has 0 bridgehead atoms. The summed E-state index contributed by atoms with van der Waals surface area (Å²) in [5, 5.41) is 38.0. The highest BCUT2D eigenvalue weighted by Gasteiger charge is 2.34. The number of ether oxygens (including phenoxy) is 3. The van der Waals surface area contributed by atoms with Crippen LogP contribution in [0.1, 0.15) is 39.1 Å². The maximum atomic E-state index is 13.7. The summed E-state index contributed by atoms with van der Waals surface area (Å²) in [6, 6.07) is 7.22. The van der Waals surface area contributed by atoms with Gasteiger partial charge in [0.05, 0.1) is 44.0 Å². The van der Waals surface area contributed by atoms with Crippen molar-refractivity contribution >= 4 is 35.5 Å². The molecule has 0 aliphatic carbocycles. The Morgan fingerprint density at radius 1 is 1.18 bits per heavy atom. The number of carboxylic acid groups (broad SMARTS) is 2. The van der Waals surface area contributed by atoms with E-state index in [2.05, 4.69) is 5.32 Å². The molecule has 0 aromatic heterocycles.